The van der Waals surface area contributed by atoms with Gasteiger partial charge in [-0.1, -0.05) is 0 Å². The average molecular weight is 291 g/mol. The first-order valence-corrected chi connectivity index (χ1v) is 7.49. The molecule has 1 atom stereocenters. The van der Waals surface area contributed by atoms with E-state index in [2.05, 4.69) is 24.5 Å². The maximum absolute atomic E-state index is 12.1. The topological polar surface area (TPSA) is 76.4 Å². The molecule has 0 aliphatic carbocycles. The van der Waals surface area contributed by atoms with Gasteiger partial charge in [0, 0.05) is 30.6 Å². The number of nitrogens with one attached hydrogen (secondary N) is 2. The Labute approximate surface area is 126 Å². The van der Waals surface area contributed by atoms with E-state index in [0.717, 1.165) is 25.1 Å². The molecular formula is C16H25N3O2. The maximum Gasteiger partial charge on any atom is 0.253 e. The number of ether oxygens (including phenoxy) is 1. The second-order valence-electron chi connectivity index (χ2n) is 6.11. The van der Waals surface area contributed by atoms with Crippen LogP contribution in [0.15, 0.2) is 18.2 Å². The predicted octanol–water partition coefficient (Wildman–Crippen LogP) is 2.39. The first-order valence-electron chi connectivity index (χ1n) is 7.49. The van der Waals surface area contributed by atoms with E-state index in [4.69, 9.17) is 10.5 Å². The molecule has 21 heavy (non-hydrogen) atoms. The van der Waals surface area contributed by atoms with Crippen molar-refractivity contribution in [3.63, 3.8) is 0 Å². The summed E-state index contributed by atoms with van der Waals surface area (Å²) in [7, 11) is 0. The summed E-state index contributed by atoms with van der Waals surface area (Å²) < 4.78 is 5.73. The first-order chi connectivity index (χ1) is 9.91. The van der Waals surface area contributed by atoms with E-state index in [0.29, 0.717) is 17.8 Å². The molecule has 0 saturated carbocycles. The van der Waals surface area contributed by atoms with Crippen LogP contribution in [0.5, 0.6) is 0 Å². The Morgan fingerprint density at radius 3 is 2.90 bits per heavy atom. The molecule has 0 bridgehead atoms. The van der Waals surface area contributed by atoms with Gasteiger partial charge < -0.3 is 21.1 Å². The number of carbonyl (C=O) groups excluding carboxylic acids is 1. The molecule has 1 aromatic rings. The monoisotopic (exact) mass is 291 g/mol. The number of rotatable bonds is 4. The van der Waals surface area contributed by atoms with Gasteiger partial charge in [0.25, 0.3) is 5.91 Å². The molecule has 5 nitrogen and oxygen atoms in total. The number of nitrogen functional groups attached to an aromatic ring is 1. The Hall–Kier alpha value is -1.75. The van der Waals surface area contributed by atoms with E-state index >= 15 is 0 Å². The van der Waals surface area contributed by atoms with Crippen molar-refractivity contribution >= 4 is 17.3 Å². The van der Waals surface area contributed by atoms with Crippen molar-refractivity contribution in [3.8, 4) is 0 Å². The molecule has 116 valence electrons. The number of benzene rings is 1. The smallest absolute Gasteiger partial charge is 0.253 e. The Bertz CT molecular complexity index is 514. The lowest BCUT2D eigenvalue weighted by Crippen LogP contribution is -2.40. The molecule has 2 rings (SSSR count). The number of anilines is 2. The van der Waals surface area contributed by atoms with Crippen LogP contribution in [0.2, 0.25) is 0 Å². The number of hydrogen-bond acceptors (Lipinski definition) is 4. The van der Waals surface area contributed by atoms with Gasteiger partial charge >= 0.3 is 0 Å². The third kappa shape index (κ3) is 4.11. The fraction of sp³-hybridized carbons (Fsp3) is 0.562. The van der Waals surface area contributed by atoms with E-state index in [-0.39, 0.29) is 17.6 Å². The summed E-state index contributed by atoms with van der Waals surface area (Å²) >= 11 is 0. The van der Waals surface area contributed by atoms with Gasteiger partial charge in [-0.25, -0.2) is 0 Å². The molecule has 1 fully saturated rings. The highest BCUT2D eigenvalue weighted by Crippen LogP contribution is 2.28. The van der Waals surface area contributed by atoms with Gasteiger partial charge in [0.05, 0.1) is 11.2 Å². The van der Waals surface area contributed by atoms with E-state index < -0.39 is 0 Å². The van der Waals surface area contributed by atoms with E-state index in [1.807, 2.05) is 13.0 Å². The molecule has 0 spiro atoms. The summed E-state index contributed by atoms with van der Waals surface area (Å²) in [5.74, 6) is -0.0775. The molecule has 4 N–H and O–H groups in total. The van der Waals surface area contributed by atoms with Gasteiger partial charge in [-0.3, -0.25) is 4.79 Å². The quantitative estimate of drug-likeness (QED) is 0.744. The highest BCUT2D eigenvalue weighted by molar-refractivity contribution is 6.00. The molecule has 1 amide bonds. The number of nitrogens with two attached hydrogens (primary N) is 1. The maximum atomic E-state index is 12.1. The van der Waals surface area contributed by atoms with E-state index in [1.165, 1.54) is 0 Å². The van der Waals surface area contributed by atoms with Crippen LogP contribution in [0.1, 0.15) is 44.0 Å². The fourth-order valence-electron chi connectivity index (χ4n) is 2.71. The summed E-state index contributed by atoms with van der Waals surface area (Å²) in [5.41, 5.74) is 7.81. The van der Waals surface area contributed by atoms with Crippen molar-refractivity contribution in [2.45, 2.75) is 45.3 Å². The molecule has 0 radical (unpaired) electrons. The predicted molar refractivity (Wildman–Crippen MR) is 85.5 cm³/mol. The SMILES string of the molecule is CCNC(=O)c1ccc(N)cc1NC1CCOC(C)(C)C1. The van der Waals surface area contributed by atoms with Gasteiger partial charge in [0.2, 0.25) is 0 Å². The number of carbonyl (C=O) groups is 1. The molecule has 5 heteroatoms. The van der Waals surface area contributed by atoms with Crippen LogP contribution in [-0.2, 0) is 4.74 Å². The Morgan fingerprint density at radius 2 is 2.24 bits per heavy atom. The van der Waals surface area contributed by atoms with Crippen LogP contribution in [0, 0.1) is 0 Å². The fourth-order valence-corrected chi connectivity index (χ4v) is 2.71. The van der Waals surface area contributed by atoms with Crippen molar-refractivity contribution in [3.05, 3.63) is 23.8 Å². The second-order valence-corrected chi connectivity index (χ2v) is 6.11. The van der Waals surface area contributed by atoms with Crippen LogP contribution in [0.3, 0.4) is 0 Å². The zero-order chi connectivity index (χ0) is 15.5. The van der Waals surface area contributed by atoms with E-state index in [9.17, 15) is 4.79 Å². The molecule has 1 aromatic carbocycles. The minimum absolute atomic E-state index is 0.0775. The van der Waals surface area contributed by atoms with Crippen LogP contribution in [0.25, 0.3) is 0 Å². The molecular weight excluding hydrogens is 266 g/mol. The van der Waals surface area contributed by atoms with Gasteiger partial charge in [-0.2, -0.15) is 0 Å². The van der Waals surface area contributed by atoms with Crippen LogP contribution >= 0.6 is 0 Å². The molecule has 1 unspecified atom stereocenters. The summed E-state index contributed by atoms with van der Waals surface area (Å²) in [6.45, 7) is 7.41. The minimum Gasteiger partial charge on any atom is -0.399 e. The van der Waals surface area contributed by atoms with Crippen LogP contribution in [0.4, 0.5) is 11.4 Å². The molecule has 1 aliphatic heterocycles. The lowest BCUT2D eigenvalue weighted by molar-refractivity contribution is -0.0553. The summed E-state index contributed by atoms with van der Waals surface area (Å²) in [6, 6.07) is 5.63. The van der Waals surface area contributed by atoms with Crippen molar-refractivity contribution in [2.75, 3.05) is 24.2 Å². The molecule has 1 saturated heterocycles. The van der Waals surface area contributed by atoms with Gasteiger partial charge in [0.1, 0.15) is 0 Å². The Kier molecular flexibility index (Phi) is 4.73. The van der Waals surface area contributed by atoms with E-state index in [1.54, 1.807) is 12.1 Å². The van der Waals surface area contributed by atoms with Crippen molar-refractivity contribution in [1.82, 2.24) is 5.32 Å². The highest BCUT2D eigenvalue weighted by Gasteiger charge is 2.29. The summed E-state index contributed by atoms with van der Waals surface area (Å²) in [5, 5.41) is 6.30. The van der Waals surface area contributed by atoms with Crippen molar-refractivity contribution in [2.24, 2.45) is 0 Å². The normalized spacial score (nSPS) is 20.8. The molecule has 1 aliphatic rings. The average Bonchev–Trinajstić information content (AvgIpc) is 2.37. The second kappa shape index (κ2) is 6.35. The van der Waals surface area contributed by atoms with Crippen LogP contribution in [-0.4, -0.2) is 30.7 Å². The lowest BCUT2D eigenvalue weighted by atomic mass is 9.93. The molecule has 0 aromatic heterocycles. The Morgan fingerprint density at radius 1 is 1.48 bits per heavy atom. The third-order valence-corrected chi connectivity index (χ3v) is 3.68. The zero-order valence-corrected chi connectivity index (χ0v) is 13.0. The molecule has 1 heterocycles. The number of amides is 1. The highest BCUT2D eigenvalue weighted by atomic mass is 16.5. The minimum atomic E-state index is -0.137. The Balaban J connectivity index is 2.18. The third-order valence-electron chi connectivity index (χ3n) is 3.68. The van der Waals surface area contributed by atoms with Gasteiger partial charge in [0.15, 0.2) is 0 Å². The lowest BCUT2D eigenvalue weighted by Gasteiger charge is -2.36. The summed E-state index contributed by atoms with van der Waals surface area (Å²) in [4.78, 5) is 12.1. The summed E-state index contributed by atoms with van der Waals surface area (Å²) in [6.07, 6.45) is 1.82. The van der Waals surface area contributed by atoms with Crippen molar-refractivity contribution < 1.29 is 9.53 Å². The van der Waals surface area contributed by atoms with Crippen LogP contribution < -0.4 is 16.4 Å². The number of hydrogen-bond donors (Lipinski definition) is 3. The van der Waals surface area contributed by atoms with Gasteiger partial charge in [-0.15, -0.1) is 0 Å². The first kappa shape index (κ1) is 15.6. The standard InChI is InChI=1S/C16H25N3O2/c1-4-18-15(20)13-6-5-11(17)9-14(13)19-12-7-8-21-16(2,3)10-12/h5-6,9,12,19H,4,7-8,10,17H2,1-3H3,(H,18,20). The zero-order valence-electron chi connectivity index (χ0n) is 13.0. The largest absolute Gasteiger partial charge is 0.399 e. The van der Waals surface area contributed by atoms with Gasteiger partial charge in [-0.05, 0) is 51.8 Å². The van der Waals surface area contributed by atoms with Crippen molar-refractivity contribution in [1.29, 1.82) is 0 Å².